The van der Waals surface area contributed by atoms with Crippen LogP contribution in [-0.2, 0) is 35.6 Å². The van der Waals surface area contributed by atoms with Crippen LogP contribution in [0.1, 0.15) is 44.6 Å². The normalized spacial score (nSPS) is 14.3. The van der Waals surface area contributed by atoms with Crippen LogP contribution in [-0.4, -0.2) is 74.9 Å². The molecular weight excluding hydrogens is 640 g/mol. The SMILES string of the molecule is C=CC(=O)N1CCn2nc(-c3nc(-c4ccc5c(c4)CCN(C(C)C)C5)c4ccsc4c3-c3ccc(F)cc3OCCOC)nc2C1.CC. The van der Waals surface area contributed by atoms with Gasteiger partial charge in [0.25, 0.3) is 0 Å². The second-order valence-electron chi connectivity index (χ2n) is 12.2. The molecule has 1 amide bonds. The van der Waals surface area contributed by atoms with Crippen LogP contribution in [0.15, 0.2) is 60.5 Å². The number of benzene rings is 2. The lowest BCUT2D eigenvalue weighted by atomic mass is 9.93. The van der Waals surface area contributed by atoms with Crippen LogP contribution in [0.2, 0.25) is 0 Å². The fraction of sp³-hybridized carbons (Fsp3) is 0.368. The molecule has 0 bridgehead atoms. The van der Waals surface area contributed by atoms with E-state index in [2.05, 4.69) is 55.0 Å². The van der Waals surface area contributed by atoms with Crippen molar-refractivity contribution in [3.05, 3.63) is 83.3 Å². The Labute approximate surface area is 291 Å². The van der Waals surface area contributed by atoms with Crippen LogP contribution in [0.25, 0.3) is 44.0 Å². The first-order chi connectivity index (χ1) is 23.8. The first kappa shape index (κ1) is 34.4. The van der Waals surface area contributed by atoms with Crippen molar-refractivity contribution in [3.8, 4) is 39.7 Å². The molecule has 2 aromatic carbocycles. The maximum atomic E-state index is 14.6. The second-order valence-corrected chi connectivity index (χ2v) is 13.1. The molecule has 2 aliphatic rings. The van der Waals surface area contributed by atoms with E-state index in [0.717, 1.165) is 46.4 Å². The van der Waals surface area contributed by atoms with Crippen LogP contribution in [0.3, 0.4) is 0 Å². The Morgan fingerprint density at radius 2 is 1.86 bits per heavy atom. The maximum Gasteiger partial charge on any atom is 0.246 e. The summed E-state index contributed by atoms with van der Waals surface area (Å²) in [5.74, 6) is 0.957. The highest BCUT2D eigenvalue weighted by molar-refractivity contribution is 7.18. The predicted octanol–water partition coefficient (Wildman–Crippen LogP) is 7.37. The molecule has 0 unspecified atom stereocenters. The molecule has 0 N–H and O–H groups in total. The van der Waals surface area contributed by atoms with Gasteiger partial charge in [0.15, 0.2) is 0 Å². The van der Waals surface area contributed by atoms with Crippen LogP contribution in [0.5, 0.6) is 5.75 Å². The number of amides is 1. The summed E-state index contributed by atoms with van der Waals surface area (Å²) in [6, 6.07) is 13.8. The Hall–Kier alpha value is -4.45. The minimum atomic E-state index is -0.401. The van der Waals surface area contributed by atoms with Crippen molar-refractivity contribution in [2.45, 2.75) is 59.8 Å². The van der Waals surface area contributed by atoms with Crippen molar-refractivity contribution < 1.29 is 18.7 Å². The van der Waals surface area contributed by atoms with Gasteiger partial charge in [-0.3, -0.25) is 9.69 Å². The van der Waals surface area contributed by atoms with Crippen LogP contribution in [0.4, 0.5) is 4.39 Å². The van der Waals surface area contributed by atoms with Crippen molar-refractivity contribution in [2.75, 3.05) is 33.4 Å². The molecule has 0 saturated heterocycles. The quantitative estimate of drug-likeness (QED) is 0.119. The minimum absolute atomic E-state index is 0.144. The molecule has 49 heavy (non-hydrogen) atoms. The Morgan fingerprint density at radius 1 is 1.02 bits per heavy atom. The Morgan fingerprint density at radius 3 is 2.63 bits per heavy atom. The highest BCUT2D eigenvalue weighted by Crippen LogP contribution is 2.46. The third-order valence-electron chi connectivity index (χ3n) is 8.98. The first-order valence-electron chi connectivity index (χ1n) is 16.9. The zero-order valence-electron chi connectivity index (χ0n) is 28.8. The van der Waals surface area contributed by atoms with E-state index in [-0.39, 0.29) is 12.5 Å². The van der Waals surface area contributed by atoms with Gasteiger partial charge < -0.3 is 14.4 Å². The maximum absolute atomic E-state index is 14.6. The lowest BCUT2D eigenvalue weighted by Crippen LogP contribution is -2.37. The average Bonchev–Trinajstić information content (AvgIpc) is 3.79. The average molecular weight is 683 g/mol. The van der Waals surface area contributed by atoms with Crippen LogP contribution >= 0.6 is 11.3 Å². The van der Waals surface area contributed by atoms with Gasteiger partial charge in [-0.15, -0.1) is 16.4 Å². The summed E-state index contributed by atoms with van der Waals surface area (Å²) in [5, 5.41) is 7.96. The minimum Gasteiger partial charge on any atom is -0.490 e. The Bertz CT molecular complexity index is 1990. The molecule has 0 fully saturated rings. The highest BCUT2D eigenvalue weighted by atomic mass is 32.1. The van der Waals surface area contributed by atoms with Gasteiger partial charge in [-0.05, 0) is 67.1 Å². The summed E-state index contributed by atoms with van der Waals surface area (Å²) in [4.78, 5) is 26.9. The van der Waals surface area contributed by atoms with Gasteiger partial charge in [0.05, 0.1) is 25.4 Å². The summed E-state index contributed by atoms with van der Waals surface area (Å²) in [6.45, 7) is 16.0. The van der Waals surface area contributed by atoms with Gasteiger partial charge in [0.2, 0.25) is 11.7 Å². The molecule has 0 spiro atoms. The fourth-order valence-corrected chi connectivity index (χ4v) is 7.39. The van der Waals surface area contributed by atoms with E-state index in [1.54, 1.807) is 29.4 Å². The van der Waals surface area contributed by atoms with Crippen molar-refractivity contribution in [1.29, 1.82) is 0 Å². The molecule has 3 aromatic heterocycles. The molecule has 5 heterocycles. The van der Waals surface area contributed by atoms with E-state index in [9.17, 15) is 9.18 Å². The number of pyridine rings is 1. The molecule has 7 rings (SSSR count). The molecule has 11 heteroatoms. The number of aromatic nitrogens is 4. The number of hydrogen-bond acceptors (Lipinski definition) is 8. The number of thiophene rings is 1. The first-order valence-corrected chi connectivity index (χ1v) is 17.8. The molecule has 2 aliphatic heterocycles. The molecule has 0 radical (unpaired) electrons. The molecular formula is C38H43FN6O3S. The molecule has 5 aromatic rings. The van der Waals surface area contributed by atoms with Gasteiger partial charge in [-0.25, -0.2) is 19.0 Å². The lowest BCUT2D eigenvalue weighted by molar-refractivity contribution is -0.127. The Balaban J connectivity index is 0.00000205. The van der Waals surface area contributed by atoms with E-state index in [1.165, 1.54) is 29.3 Å². The summed E-state index contributed by atoms with van der Waals surface area (Å²) < 4.78 is 28.7. The van der Waals surface area contributed by atoms with E-state index in [0.29, 0.717) is 60.9 Å². The number of ether oxygens (including phenoxy) is 2. The third kappa shape index (κ3) is 6.88. The number of methoxy groups -OCH3 is 1. The standard InChI is InChI=1S/C36H37FN6O3S.C2H6/c1-5-31(44)42-13-14-43-30(21-42)38-36(40-43)34-32(27-9-8-26(37)19-29(27)46-16-15-45-4)35-28(11-17-47-35)33(39-34)24-6-7-25-20-41(22(2)3)12-10-23(25)18-24;1-2/h5-9,11,17-19,22H,1,10,12-16,20-21H2,2-4H3;1-2H3. The van der Waals surface area contributed by atoms with Crippen molar-refractivity contribution in [1.82, 2.24) is 29.5 Å². The number of hydrogen-bond donors (Lipinski definition) is 0. The molecule has 9 nitrogen and oxygen atoms in total. The summed E-state index contributed by atoms with van der Waals surface area (Å²) >= 11 is 1.60. The van der Waals surface area contributed by atoms with Gasteiger partial charge in [0, 0.05) is 65.6 Å². The van der Waals surface area contributed by atoms with Gasteiger partial charge in [-0.2, -0.15) is 0 Å². The Kier molecular flexibility index (Phi) is 10.5. The number of rotatable bonds is 9. The largest absolute Gasteiger partial charge is 0.490 e. The number of halogens is 1. The number of fused-ring (bicyclic) bond motifs is 3. The third-order valence-corrected chi connectivity index (χ3v) is 9.91. The smallest absolute Gasteiger partial charge is 0.246 e. The zero-order chi connectivity index (χ0) is 34.7. The second kappa shape index (κ2) is 15.0. The van der Waals surface area contributed by atoms with Crippen molar-refractivity contribution in [3.63, 3.8) is 0 Å². The van der Waals surface area contributed by atoms with Gasteiger partial charge >= 0.3 is 0 Å². The summed E-state index contributed by atoms with van der Waals surface area (Å²) in [5.41, 5.74) is 6.60. The van der Waals surface area contributed by atoms with E-state index < -0.39 is 5.82 Å². The lowest BCUT2D eigenvalue weighted by Gasteiger charge is -2.32. The van der Waals surface area contributed by atoms with Gasteiger partial charge in [0.1, 0.15) is 29.7 Å². The number of nitrogens with zero attached hydrogens (tertiary/aromatic N) is 6. The van der Waals surface area contributed by atoms with Crippen molar-refractivity contribution in [2.24, 2.45) is 0 Å². The molecule has 256 valence electrons. The van der Waals surface area contributed by atoms with E-state index >= 15 is 0 Å². The zero-order valence-corrected chi connectivity index (χ0v) is 29.6. The summed E-state index contributed by atoms with van der Waals surface area (Å²) in [6.07, 6.45) is 2.30. The topological polar surface area (TPSA) is 85.6 Å². The van der Waals surface area contributed by atoms with Gasteiger partial charge in [-0.1, -0.05) is 32.6 Å². The number of carbonyl (C=O) groups is 1. The van der Waals surface area contributed by atoms with Crippen LogP contribution < -0.4 is 4.74 Å². The van der Waals surface area contributed by atoms with E-state index in [1.807, 2.05) is 18.5 Å². The summed E-state index contributed by atoms with van der Waals surface area (Å²) in [7, 11) is 1.60. The fourth-order valence-electron chi connectivity index (χ4n) is 6.43. The number of carbonyl (C=O) groups excluding carboxylic acids is 1. The van der Waals surface area contributed by atoms with Crippen molar-refractivity contribution >= 4 is 27.3 Å². The van der Waals surface area contributed by atoms with E-state index in [4.69, 9.17) is 24.5 Å². The molecule has 0 saturated carbocycles. The van der Waals surface area contributed by atoms with Crippen LogP contribution in [0, 0.1) is 5.82 Å². The highest BCUT2D eigenvalue weighted by Gasteiger charge is 2.28. The monoisotopic (exact) mass is 682 g/mol. The molecule has 0 atom stereocenters. The molecule has 0 aliphatic carbocycles. The predicted molar refractivity (Wildman–Crippen MR) is 193 cm³/mol.